The standard InChI is InChI=1S/C24H22F3NO/c1-14-15(2)23-22(28-13-20(29-23)17-7-5-4-6-8-17)16(3)21(14)18-9-11-19(12-10-18)24(25,26)27/h4-12,20,28H,13H2,1-3H3. The number of alkyl halides is 3. The second kappa shape index (κ2) is 7.14. The molecule has 0 radical (unpaired) electrons. The molecule has 0 bridgehead atoms. The van der Waals surface area contributed by atoms with Crippen LogP contribution in [0, 0.1) is 20.8 Å². The monoisotopic (exact) mass is 397 g/mol. The number of nitrogens with one attached hydrogen (secondary N) is 1. The third-order valence-corrected chi connectivity index (χ3v) is 5.65. The summed E-state index contributed by atoms with van der Waals surface area (Å²) in [5, 5.41) is 3.49. The Balaban J connectivity index is 1.75. The van der Waals surface area contributed by atoms with E-state index >= 15 is 0 Å². The average molecular weight is 397 g/mol. The van der Waals surface area contributed by atoms with Crippen molar-refractivity contribution in [2.24, 2.45) is 0 Å². The summed E-state index contributed by atoms with van der Waals surface area (Å²) in [4.78, 5) is 0. The van der Waals surface area contributed by atoms with Crippen LogP contribution in [-0.2, 0) is 6.18 Å². The van der Waals surface area contributed by atoms with Gasteiger partial charge in [0.05, 0.1) is 17.8 Å². The maximum absolute atomic E-state index is 12.9. The Bertz CT molecular complexity index is 1040. The van der Waals surface area contributed by atoms with Gasteiger partial charge < -0.3 is 10.1 Å². The minimum absolute atomic E-state index is 0.0851. The minimum Gasteiger partial charge on any atom is -0.481 e. The predicted octanol–water partition coefficient (Wildman–Crippen LogP) is 6.84. The maximum atomic E-state index is 12.9. The van der Waals surface area contributed by atoms with Crippen LogP contribution in [0.3, 0.4) is 0 Å². The summed E-state index contributed by atoms with van der Waals surface area (Å²) in [5.41, 5.74) is 6.08. The molecule has 0 fully saturated rings. The Labute approximate surface area is 168 Å². The lowest BCUT2D eigenvalue weighted by Gasteiger charge is -2.32. The van der Waals surface area contributed by atoms with Crippen molar-refractivity contribution in [3.63, 3.8) is 0 Å². The Kier molecular flexibility index (Phi) is 4.77. The van der Waals surface area contributed by atoms with Crippen LogP contribution in [0.5, 0.6) is 5.75 Å². The van der Waals surface area contributed by atoms with Gasteiger partial charge in [-0.15, -0.1) is 0 Å². The number of ether oxygens (including phenoxy) is 1. The molecule has 0 aliphatic carbocycles. The average Bonchev–Trinajstić information content (AvgIpc) is 2.72. The van der Waals surface area contributed by atoms with Gasteiger partial charge in [0.2, 0.25) is 0 Å². The molecule has 0 amide bonds. The van der Waals surface area contributed by atoms with Crippen molar-refractivity contribution in [1.82, 2.24) is 0 Å². The highest BCUT2D eigenvalue weighted by Gasteiger charge is 2.31. The van der Waals surface area contributed by atoms with Crippen molar-refractivity contribution >= 4 is 5.69 Å². The molecule has 0 aromatic heterocycles. The molecular weight excluding hydrogens is 375 g/mol. The number of fused-ring (bicyclic) bond motifs is 1. The van der Waals surface area contributed by atoms with Gasteiger partial charge in [-0.05, 0) is 66.3 Å². The molecule has 2 nitrogen and oxygen atoms in total. The van der Waals surface area contributed by atoms with Gasteiger partial charge in [-0.2, -0.15) is 13.2 Å². The zero-order valence-electron chi connectivity index (χ0n) is 16.5. The zero-order chi connectivity index (χ0) is 20.8. The molecule has 1 atom stereocenters. The summed E-state index contributed by atoms with van der Waals surface area (Å²) >= 11 is 0. The third kappa shape index (κ3) is 3.46. The van der Waals surface area contributed by atoms with Gasteiger partial charge >= 0.3 is 6.18 Å². The fourth-order valence-corrected chi connectivity index (χ4v) is 3.97. The van der Waals surface area contributed by atoms with Gasteiger partial charge in [0.15, 0.2) is 0 Å². The van der Waals surface area contributed by atoms with Gasteiger partial charge in [0, 0.05) is 0 Å². The number of halogens is 3. The molecule has 1 unspecified atom stereocenters. The summed E-state index contributed by atoms with van der Waals surface area (Å²) in [5.74, 6) is 0.816. The first-order chi connectivity index (χ1) is 13.8. The molecule has 0 saturated carbocycles. The van der Waals surface area contributed by atoms with E-state index in [4.69, 9.17) is 4.74 Å². The van der Waals surface area contributed by atoms with E-state index in [2.05, 4.69) is 5.32 Å². The first-order valence-corrected chi connectivity index (χ1v) is 9.54. The van der Waals surface area contributed by atoms with E-state index < -0.39 is 11.7 Å². The molecule has 5 heteroatoms. The van der Waals surface area contributed by atoms with Gasteiger partial charge in [0.1, 0.15) is 11.9 Å². The minimum atomic E-state index is -4.34. The molecule has 29 heavy (non-hydrogen) atoms. The fraction of sp³-hybridized carbons (Fsp3) is 0.250. The zero-order valence-corrected chi connectivity index (χ0v) is 16.5. The van der Waals surface area contributed by atoms with Crippen LogP contribution in [0.2, 0.25) is 0 Å². The number of benzene rings is 3. The number of rotatable bonds is 2. The number of anilines is 1. The van der Waals surface area contributed by atoms with Crippen LogP contribution in [0.15, 0.2) is 54.6 Å². The highest BCUT2D eigenvalue weighted by molar-refractivity contribution is 5.83. The van der Waals surface area contributed by atoms with E-state index in [1.54, 1.807) is 12.1 Å². The van der Waals surface area contributed by atoms with Crippen LogP contribution >= 0.6 is 0 Å². The van der Waals surface area contributed by atoms with Crippen LogP contribution in [0.4, 0.5) is 18.9 Å². The highest BCUT2D eigenvalue weighted by atomic mass is 19.4. The van der Waals surface area contributed by atoms with Crippen molar-refractivity contribution in [2.45, 2.75) is 33.1 Å². The maximum Gasteiger partial charge on any atom is 0.416 e. The van der Waals surface area contributed by atoms with E-state index in [9.17, 15) is 13.2 Å². The van der Waals surface area contributed by atoms with Gasteiger partial charge in [-0.25, -0.2) is 0 Å². The summed E-state index contributed by atoms with van der Waals surface area (Å²) in [7, 11) is 0. The Morgan fingerprint density at radius 3 is 2.14 bits per heavy atom. The molecule has 4 rings (SSSR count). The summed E-state index contributed by atoms with van der Waals surface area (Å²) in [6, 6.07) is 15.4. The molecular formula is C24H22F3NO. The Morgan fingerprint density at radius 2 is 1.52 bits per heavy atom. The van der Waals surface area contributed by atoms with Gasteiger partial charge in [0.25, 0.3) is 0 Å². The molecule has 1 N–H and O–H groups in total. The smallest absolute Gasteiger partial charge is 0.416 e. The molecule has 0 saturated heterocycles. The quantitative estimate of drug-likeness (QED) is 0.511. The third-order valence-electron chi connectivity index (χ3n) is 5.65. The van der Waals surface area contributed by atoms with E-state index in [-0.39, 0.29) is 6.10 Å². The highest BCUT2D eigenvalue weighted by Crippen LogP contribution is 2.46. The summed E-state index contributed by atoms with van der Waals surface area (Å²) in [6.07, 6.45) is -4.42. The molecule has 1 heterocycles. The lowest BCUT2D eigenvalue weighted by atomic mass is 9.89. The van der Waals surface area contributed by atoms with Gasteiger partial charge in [-0.3, -0.25) is 0 Å². The molecule has 150 valence electrons. The van der Waals surface area contributed by atoms with Crippen LogP contribution in [-0.4, -0.2) is 6.54 Å². The molecule has 3 aromatic carbocycles. The first kappa shape index (κ1) is 19.4. The first-order valence-electron chi connectivity index (χ1n) is 9.54. The van der Waals surface area contributed by atoms with Crippen LogP contribution in [0.25, 0.3) is 11.1 Å². The topological polar surface area (TPSA) is 21.3 Å². The molecule has 0 spiro atoms. The van der Waals surface area contributed by atoms with Crippen molar-refractivity contribution in [2.75, 3.05) is 11.9 Å². The number of hydrogen-bond donors (Lipinski definition) is 1. The lowest BCUT2D eigenvalue weighted by Crippen LogP contribution is -2.25. The second-order valence-electron chi connectivity index (χ2n) is 7.43. The van der Waals surface area contributed by atoms with Crippen LogP contribution < -0.4 is 10.1 Å². The van der Waals surface area contributed by atoms with Gasteiger partial charge in [-0.1, -0.05) is 42.5 Å². The predicted molar refractivity (Wildman–Crippen MR) is 109 cm³/mol. The molecule has 3 aromatic rings. The second-order valence-corrected chi connectivity index (χ2v) is 7.43. The fourth-order valence-electron chi connectivity index (χ4n) is 3.97. The van der Waals surface area contributed by atoms with E-state index in [0.717, 1.165) is 57.0 Å². The number of hydrogen-bond acceptors (Lipinski definition) is 2. The van der Waals surface area contributed by atoms with E-state index in [0.29, 0.717) is 6.54 Å². The van der Waals surface area contributed by atoms with Crippen molar-refractivity contribution < 1.29 is 17.9 Å². The summed E-state index contributed by atoms with van der Waals surface area (Å²) < 4.78 is 45.1. The van der Waals surface area contributed by atoms with E-state index in [1.807, 2.05) is 51.1 Å². The SMILES string of the molecule is Cc1c(C)c(-c2ccc(C(F)(F)F)cc2)c(C)c2c1OC(c1ccccc1)CN2. The normalized spacial score (nSPS) is 16.0. The lowest BCUT2D eigenvalue weighted by molar-refractivity contribution is -0.137. The summed E-state index contributed by atoms with van der Waals surface area (Å²) in [6.45, 7) is 6.60. The van der Waals surface area contributed by atoms with Crippen molar-refractivity contribution in [3.05, 3.63) is 82.4 Å². The van der Waals surface area contributed by atoms with Crippen LogP contribution in [0.1, 0.15) is 33.9 Å². The Morgan fingerprint density at radius 1 is 0.862 bits per heavy atom. The Hall–Kier alpha value is -2.95. The van der Waals surface area contributed by atoms with Crippen molar-refractivity contribution in [3.8, 4) is 16.9 Å². The van der Waals surface area contributed by atoms with E-state index in [1.165, 1.54) is 0 Å². The molecule has 1 aliphatic rings. The molecule has 1 aliphatic heterocycles. The largest absolute Gasteiger partial charge is 0.481 e. The van der Waals surface area contributed by atoms with Crippen molar-refractivity contribution in [1.29, 1.82) is 0 Å².